The van der Waals surface area contributed by atoms with Gasteiger partial charge in [-0.05, 0) is 25.7 Å². The second-order valence-corrected chi connectivity index (χ2v) is 14.6. The molecule has 0 spiro atoms. The molecule has 2 heterocycles. The van der Waals surface area contributed by atoms with E-state index in [4.69, 9.17) is 14.2 Å². The lowest BCUT2D eigenvalue weighted by Crippen LogP contribution is -2.33. The van der Waals surface area contributed by atoms with E-state index in [0.29, 0.717) is 5.57 Å². The number of hydrogen-bond donors (Lipinski definition) is 0. The van der Waals surface area contributed by atoms with Gasteiger partial charge >= 0.3 is 5.97 Å². The quantitative estimate of drug-likeness (QED) is 0.0420. The third-order valence-electron chi connectivity index (χ3n) is 10.2. The van der Waals surface area contributed by atoms with E-state index >= 15 is 0 Å². The van der Waals surface area contributed by atoms with Gasteiger partial charge in [0.2, 0.25) is 5.79 Å². The molecule has 0 aromatic rings. The van der Waals surface area contributed by atoms with Crippen molar-refractivity contribution >= 4 is 5.97 Å². The van der Waals surface area contributed by atoms with Crippen molar-refractivity contribution in [2.45, 2.75) is 244 Å². The summed E-state index contributed by atoms with van der Waals surface area (Å²) in [7, 11) is 0. The number of rotatable bonds is 32. The largest absolute Gasteiger partial charge is 0.427 e. The minimum Gasteiger partial charge on any atom is -0.427 e. The minimum absolute atomic E-state index is 0.256. The monoisotopic (exact) mass is 633 g/mol. The molecule has 4 heteroatoms. The number of hydrogen-bond acceptors (Lipinski definition) is 4. The Morgan fingerprint density at radius 2 is 0.889 bits per heavy atom. The molecule has 2 aliphatic heterocycles. The van der Waals surface area contributed by atoms with Crippen LogP contribution in [-0.4, -0.2) is 24.2 Å². The molecule has 0 amide bonds. The highest BCUT2D eigenvalue weighted by Gasteiger charge is 2.58. The molecule has 2 saturated heterocycles. The highest BCUT2D eigenvalue weighted by molar-refractivity contribution is 5.92. The van der Waals surface area contributed by atoms with Gasteiger partial charge < -0.3 is 14.2 Å². The lowest BCUT2D eigenvalue weighted by Gasteiger charge is -2.19. The van der Waals surface area contributed by atoms with E-state index < -0.39 is 5.79 Å². The third-order valence-corrected chi connectivity index (χ3v) is 10.2. The predicted molar refractivity (Wildman–Crippen MR) is 191 cm³/mol. The number of fused-ring (bicyclic) bond motifs is 1. The van der Waals surface area contributed by atoms with E-state index in [-0.39, 0.29) is 18.4 Å². The normalized spacial score (nSPS) is 22.0. The zero-order chi connectivity index (χ0) is 32.3. The molecule has 0 aromatic heterocycles. The molecular formula is C41H76O4. The summed E-state index contributed by atoms with van der Waals surface area (Å²) in [4.78, 5) is 12.5. The Morgan fingerprint density at radius 3 is 1.29 bits per heavy atom. The molecule has 0 bridgehead atoms. The van der Waals surface area contributed by atoms with Crippen LogP contribution < -0.4 is 0 Å². The van der Waals surface area contributed by atoms with Crippen LogP contribution in [0.3, 0.4) is 0 Å². The van der Waals surface area contributed by atoms with Crippen molar-refractivity contribution in [3.8, 4) is 0 Å². The maximum absolute atomic E-state index is 12.5. The van der Waals surface area contributed by atoms with E-state index in [1.54, 1.807) is 0 Å². The summed E-state index contributed by atoms with van der Waals surface area (Å²) in [6.07, 6.45) is 44.3. The first kappa shape index (κ1) is 40.3. The van der Waals surface area contributed by atoms with Crippen LogP contribution in [-0.2, 0) is 19.0 Å². The molecule has 0 radical (unpaired) electrons. The number of allylic oxidation sites excluding steroid dienone is 1. The average molecular weight is 633 g/mol. The molecule has 0 aromatic carbocycles. The lowest BCUT2D eigenvalue weighted by molar-refractivity contribution is -0.206. The first-order valence-electron chi connectivity index (χ1n) is 20.4. The van der Waals surface area contributed by atoms with Crippen molar-refractivity contribution in [2.24, 2.45) is 0 Å². The summed E-state index contributed by atoms with van der Waals surface area (Å²) in [5.41, 5.74) is 0.682. The van der Waals surface area contributed by atoms with Gasteiger partial charge in [-0.2, -0.15) is 0 Å². The number of carbonyl (C=O) groups is 1. The summed E-state index contributed by atoms with van der Waals surface area (Å²) in [5.74, 6) is -1.20. The SMILES string of the molecule is CCCCCCCCCCCCCCCCCC=C1C(=O)OC2(C)OC(CCCCCCCCCCCCCCCCC)OC12. The van der Waals surface area contributed by atoms with Crippen LogP contribution in [0.4, 0.5) is 0 Å². The van der Waals surface area contributed by atoms with Crippen molar-refractivity contribution < 1.29 is 19.0 Å². The molecule has 0 aliphatic carbocycles. The van der Waals surface area contributed by atoms with Crippen molar-refractivity contribution in [1.29, 1.82) is 0 Å². The van der Waals surface area contributed by atoms with Crippen LogP contribution in [0.5, 0.6) is 0 Å². The van der Waals surface area contributed by atoms with E-state index in [2.05, 4.69) is 19.9 Å². The summed E-state index contributed by atoms with van der Waals surface area (Å²) in [5, 5.41) is 0. The van der Waals surface area contributed by atoms with Crippen LogP contribution >= 0.6 is 0 Å². The van der Waals surface area contributed by atoms with Crippen molar-refractivity contribution in [2.75, 3.05) is 0 Å². The van der Waals surface area contributed by atoms with Crippen LogP contribution in [0.1, 0.15) is 226 Å². The number of esters is 1. The molecular weight excluding hydrogens is 556 g/mol. The molecule has 45 heavy (non-hydrogen) atoms. The van der Waals surface area contributed by atoms with Crippen LogP contribution in [0.25, 0.3) is 0 Å². The third kappa shape index (κ3) is 18.9. The first-order chi connectivity index (χ1) is 22.1. The van der Waals surface area contributed by atoms with Gasteiger partial charge in [0, 0.05) is 6.92 Å². The molecule has 0 N–H and O–H groups in total. The molecule has 3 atom stereocenters. The zero-order valence-electron chi connectivity index (χ0n) is 30.5. The number of carbonyl (C=O) groups excluding carboxylic acids is 1. The van der Waals surface area contributed by atoms with Crippen molar-refractivity contribution in [3.05, 3.63) is 11.6 Å². The fraction of sp³-hybridized carbons (Fsp3) is 0.927. The van der Waals surface area contributed by atoms with Gasteiger partial charge in [-0.25, -0.2) is 4.79 Å². The van der Waals surface area contributed by atoms with Gasteiger partial charge in [-0.15, -0.1) is 0 Å². The Kier molecular flexibility index (Phi) is 24.3. The first-order valence-corrected chi connectivity index (χ1v) is 20.4. The second-order valence-electron chi connectivity index (χ2n) is 14.6. The molecule has 264 valence electrons. The molecule has 4 nitrogen and oxygen atoms in total. The van der Waals surface area contributed by atoms with Crippen LogP contribution in [0, 0.1) is 0 Å². The van der Waals surface area contributed by atoms with Crippen molar-refractivity contribution in [1.82, 2.24) is 0 Å². The van der Waals surface area contributed by atoms with Crippen LogP contribution in [0.15, 0.2) is 11.6 Å². The summed E-state index contributed by atoms with van der Waals surface area (Å²) in [6, 6.07) is 0. The predicted octanol–water partition coefficient (Wildman–Crippen LogP) is 13.5. The van der Waals surface area contributed by atoms with Crippen molar-refractivity contribution in [3.63, 3.8) is 0 Å². The van der Waals surface area contributed by atoms with E-state index in [1.807, 2.05) is 6.92 Å². The molecule has 2 fully saturated rings. The number of unbranched alkanes of at least 4 members (excludes halogenated alkanes) is 29. The minimum atomic E-state index is -0.946. The summed E-state index contributed by atoms with van der Waals surface area (Å²) in [6.45, 7) is 6.45. The fourth-order valence-electron chi connectivity index (χ4n) is 7.18. The smallest absolute Gasteiger partial charge is 0.339 e. The van der Waals surface area contributed by atoms with Gasteiger partial charge in [-0.3, -0.25) is 0 Å². The molecule has 2 rings (SSSR count). The average Bonchev–Trinajstić information content (AvgIpc) is 3.46. The topological polar surface area (TPSA) is 44.8 Å². The van der Waals surface area contributed by atoms with Crippen LogP contribution in [0.2, 0.25) is 0 Å². The Balaban J connectivity index is 1.42. The Morgan fingerprint density at radius 1 is 0.533 bits per heavy atom. The Hall–Kier alpha value is -0.870. The zero-order valence-corrected chi connectivity index (χ0v) is 30.5. The van der Waals surface area contributed by atoms with E-state index in [0.717, 1.165) is 25.7 Å². The highest BCUT2D eigenvalue weighted by Crippen LogP contribution is 2.42. The van der Waals surface area contributed by atoms with Gasteiger partial charge in [0.25, 0.3) is 0 Å². The Labute approximate surface area is 280 Å². The molecule has 2 aliphatic rings. The maximum Gasteiger partial charge on any atom is 0.339 e. The summed E-state index contributed by atoms with van der Waals surface area (Å²) < 4.78 is 18.0. The van der Waals surface area contributed by atoms with E-state index in [9.17, 15) is 4.79 Å². The highest BCUT2D eigenvalue weighted by atomic mass is 16.8. The second kappa shape index (κ2) is 27.1. The van der Waals surface area contributed by atoms with E-state index in [1.165, 1.54) is 180 Å². The molecule has 3 unspecified atom stereocenters. The standard InChI is InChI=1S/C41H76O4/c1-4-6-8-10-12-14-16-18-20-22-23-25-27-29-31-33-35-37-39-41(3,45-40(37)42)44-38(43-39)36-34-32-30-28-26-24-21-19-17-15-13-11-9-7-5-2/h35,38-39H,4-34,36H2,1-3H3. The van der Waals surface area contributed by atoms with Gasteiger partial charge in [0.1, 0.15) is 0 Å². The van der Waals surface area contributed by atoms with Gasteiger partial charge in [-0.1, -0.05) is 200 Å². The number of ether oxygens (including phenoxy) is 3. The fourth-order valence-corrected chi connectivity index (χ4v) is 7.18. The maximum atomic E-state index is 12.5. The van der Waals surface area contributed by atoms with Gasteiger partial charge in [0.05, 0.1) is 5.57 Å². The van der Waals surface area contributed by atoms with Gasteiger partial charge in [0.15, 0.2) is 12.4 Å². The lowest BCUT2D eigenvalue weighted by atomic mass is 10.0. The summed E-state index contributed by atoms with van der Waals surface area (Å²) >= 11 is 0. The Bertz CT molecular complexity index is 733. The molecule has 0 saturated carbocycles.